The zero-order valence-corrected chi connectivity index (χ0v) is 17.7. The van der Waals surface area contributed by atoms with Gasteiger partial charge in [0.15, 0.2) is 0 Å². The van der Waals surface area contributed by atoms with Crippen LogP contribution in [0.1, 0.15) is 20.8 Å². The number of anilines is 1. The van der Waals surface area contributed by atoms with E-state index in [9.17, 15) is 23.2 Å². The highest BCUT2D eigenvalue weighted by Crippen LogP contribution is 2.16. The summed E-state index contributed by atoms with van der Waals surface area (Å²) in [5.74, 6) is -2.50. The molecule has 3 aromatic rings. The van der Waals surface area contributed by atoms with E-state index in [1.165, 1.54) is 4.57 Å². The predicted molar refractivity (Wildman–Crippen MR) is 118 cm³/mol. The van der Waals surface area contributed by atoms with Gasteiger partial charge in [-0.3, -0.25) is 14.4 Å². The molecule has 1 fully saturated rings. The van der Waals surface area contributed by atoms with Gasteiger partial charge in [-0.05, 0) is 36.4 Å². The van der Waals surface area contributed by atoms with Crippen molar-refractivity contribution in [3.8, 4) is 0 Å². The molecule has 2 heterocycles. The van der Waals surface area contributed by atoms with Crippen LogP contribution in [0.5, 0.6) is 0 Å². The normalized spacial score (nSPS) is 13.6. The van der Waals surface area contributed by atoms with E-state index < -0.39 is 17.5 Å². The molecule has 33 heavy (non-hydrogen) atoms. The average molecular weight is 452 g/mol. The Bertz CT molecular complexity index is 1170. The van der Waals surface area contributed by atoms with Crippen molar-refractivity contribution in [2.45, 2.75) is 6.54 Å². The molecule has 1 saturated heterocycles. The summed E-state index contributed by atoms with van der Waals surface area (Å²) in [5.41, 5.74) is 0.781. The molecule has 9 heteroatoms. The first-order chi connectivity index (χ1) is 15.9. The number of rotatable bonds is 5. The minimum atomic E-state index is -0.880. The fraction of sp³-hybridized carbons (Fsp3) is 0.208. The number of piperazine rings is 1. The zero-order valence-electron chi connectivity index (χ0n) is 17.7. The second-order valence-corrected chi connectivity index (χ2v) is 7.64. The molecular formula is C24H22F2N4O3. The molecule has 0 aliphatic carbocycles. The minimum Gasteiger partial charge on any atom is -0.335 e. The molecule has 0 saturated carbocycles. The molecular weight excluding hydrogens is 430 g/mol. The van der Waals surface area contributed by atoms with Crippen LogP contribution in [0.15, 0.2) is 66.9 Å². The van der Waals surface area contributed by atoms with Crippen LogP contribution in [-0.2, 0) is 11.3 Å². The van der Waals surface area contributed by atoms with Gasteiger partial charge in [-0.25, -0.2) is 8.78 Å². The number of hydrogen-bond acceptors (Lipinski definition) is 3. The number of carbonyl (C=O) groups is 3. The van der Waals surface area contributed by atoms with Gasteiger partial charge in [0.05, 0.1) is 5.69 Å². The van der Waals surface area contributed by atoms with Crippen LogP contribution in [0.2, 0.25) is 0 Å². The maximum atomic E-state index is 13.8. The molecule has 2 aromatic carbocycles. The first kappa shape index (κ1) is 22.2. The number of amides is 3. The van der Waals surface area contributed by atoms with Crippen molar-refractivity contribution >= 4 is 23.4 Å². The van der Waals surface area contributed by atoms with Crippen molar-refractivity contribution < 1.29 is 23.2 Å². The molecule has 3 amide bonds. The largest absolute Gasteiger partial charge is 0.335 e. The Morgan fingerprint density at radius 2 is 1.48 bits per heavy atom. The van der Waals surface area contributed by atoms with Crippen molar-refractivity contribution in [2.24, 2.45) is 0 Å². The van der Waals surface area contributed by atoms with Gasteiger partial charge in [0.25, 0.3) is 11.8 Å². The van der Waals surface area contributed by atoms with Crippen LogP contribution in [0.4, 0.5) is 14.5 Å². The summed E-state index contributed by atoms with van der Waals surface area (Å²) in [6.07, 6.45) is 1.59. The minimum absolute atomic E-state index is 0.0734. The van der Waals surface area contributed by atoms with Crippen LogP contribution in [0.25, 0.3) is 0 Å². The van der Waals surface area contributed by atoms with Crippen molar-refractivity contribution in [3.05, 3.63) is 89.8 Å². The van der Waals surface area contributed by atoms with Crippen molar-refractivity contribution in [1.82, 2.24) is 14.4 Å². The van der Waals surface area contributed by atoms with Crippen LogP contribution in [0, 0.1) is 11.6 Å². The van der Waals surface area contributed by atoms with E-state index in [0.29, 0.717) is 43.5 Å². The third-order valence-corrected chi connectivity index (χ3v) is 5.44. The number of halogens is 2. The lowest BCUT2D eigenvalue weighted by Gasteiger charge is -2.35. The summed E-state index contributed by atoms with van der Waals surface area (Å²) < 4.78 is 28.3. The third kappa shape index (κ3) is 5.08. The molecule has 7 nitrogen and oxygen atoms in total. The number of hydrogen-bond donors (Lipinski definition) is 1. The fourth-order valence-electron chi connectivity index (χ4n) is 3.72. The SMILES string of the molecule is O=C(Cn1cccc1C(=O)N1CCN(C(=O)c2ccccc2)CC1)Nc1ccc(F)cc1F. The summed E-state index contributed by atoms with van der Waals surface area (Å²) in [4.78, 5) is 41.3. The van der Waals surface area contributed by atoms with E-state index in [-0.39, 0.29) is 24.0 Å². The van der Waals surface area contributed by atoms with E-state index in [1.807, 2.05) is 18.2 Å². The van der Waals surface area contributed by atoms with Gasteiger partial charge in [-0.2, -0.15) is 0 Å². The van der Waals surface area contributed by atoms with E-state index >= 15 is 0 Å². The highest BCUT2D eigenvalue weighted by Gasteiger charge is 2.27. The van der Waals surface area contributed by atoms with Gasteiger partial charge >= 0.3 is 0 Å². The van der Waals surface area contributed by atoms with E-state index in [0.717, 1.165) is 12.1 Å². The zero-order chi connectivity index (χ0) is 23.4. The number of benzene rings is 2. The number of aromatic nitrogens is 1. The molecule has 0 bridgehead atoms. The Morgan fingerprint density at radius 3 is 2.15 bits per heavy atom. The van der Waals surface area contributed by atoms with Crippen LogP contribution >= 0.6 is 0 Å². The molecule has 0 atom stereocenters. The summed E-state index contributed by atoms with van der Waals surface area (Å²) >= 11 is 0. The van der Waals surface area contributed by atoms with E-state index in [4.69, 9.17) is 0 Å². The smallest absolute Gasteiger partial charge is 0.270 e. The maximum Gasteiger partial charge on any atom is 0.270 e. The molecule has 1 aromatic heterocycles. The molecule has 1 aliphatic rings. The summed E-state index contributed by atoms with van der Waals surface area (Å²) in [6, 6.07) is 15.1. The molecule has 0 radical (unpaired) electrons. The quantitative estimate of drug-likeness (QED) is 0.647. The fourth-order valence-corrected chi connectivity index (χ4v) is 3.72. The second-order valence-electron chi connectivity index (χ2n) is 7.64. The highest BCUT2D eigenvalue weighted by molar-refractivity contribution is 5.96. The number of carbonyl (C=O) groups excluding carboxylic acids is 3. The molecule has 0 spiro atoms. The standard InChI is InChI=1S/C24H22F2N4O3/c25-18-8-9-20(19(26)15-18)27-22(31)16-30-10-4-7-21(30)24(33)29-13-11-28(12-14-29)23(32)17-5-2-1-3-6-17/h1-10,15H,11-14,16H2,(H,27,31). The van der Waals surface area contributed by atoms with Crippen LogP contribution < -0.4 is 5.32 Å². The maximum absolute atomic E-state index is 13.8. The summed E-state index contributed by atoms with van der Waals surface area (Å²) in [7, 11) is 0. The van der Waals surface area contributed by atoms with E-state index in [2.05, 4.69) is 5.32 Å². The first-order valence-electron chi connectivity index (χ1n) is 10.5. The van der Waals surface area contributed by atoms with Gasteiger partial charge in [0.2, 0.25) is 5.91 Å². The number of nitrogens with zero attached hydrogens (tertiary/aromatic N) is 3. The summed E-state index contributed by atoms with van der Waals surface area (Å²) in [5, 5.41) is 2.38. The Kier molecular flexibility index (Phi) is 6.48. The predicted octanol–water partition coefficient (Wildman–Crippen LogP) is 3.00. The second kappa shape index (κ2) is 9.64. The third-order valence-electron chi connectivity index (χ3n) is 5.44. The van der Waals surface area contributed by atoms with Crippen molar-refractivity contribution in [3.63, 3.8) is 0 Å². The Hall–Kier alpha value is -4.01. The van der Waals surface area contributed by atoms with Crippen LogP contribution in [0.3, 0.4) is 0 Å². The summed E-state index contributed by atoms with van der Waals surface area (Å²) in [6.45, 7) is 1.34. The van der Waals surface area contributed by atoms with Gasteiger partial charge in [0.1, 0.15) is 23.9 Å². The lowest BCUT2D eigenvalue weighted by Crippen LogP contribution is -2.51. The molecule has 1 aliphatic heterocycles. The molecule has 170 valence electrons. The lowest BCUT2D eigenvalue weighted by molar-refractivity contribution is -0.116. The molecule has 4 rings (SSSR count). The Morgan fingerprint density at radius 1 is 0.818 bits per heavy atom. The molecule has 0 unspecified atom stereocenters. The first-order valence-corrected chi connectivity index (χ1v) is 10.5. The monoisotopic (exact) mass is 452 g/mol. The van der Waals surface area contributed by atoms with Gasteiger partial charge in [0, 0.05) is 44.0 Å². The van der Waals surface area contributed by atoms with E-state index in [1.54, 1.807) is 40.3 Å². The van der Waals surface area contributed by atoms with Crippen molar-refractivity contribution in [1.29, 1.82) is 0 Å². The topological polar surface area (TPSA) is 74.7 Å². The highest BCUT2D eigenvalue weighted by atomic mass is 19.1. The van der Waals surface area contributed by atoms with Crippen molar-refractivity contribution in [2.75, 3.05) is 31.5 Å². The molecule has 1 N–H and O–H groups in total. The lowest BCUT2D eigenvalue weighted by atomic mass is 10.2. The van der Waals surface area contributed by atoms with Gasteiger partial charge in [-0.1, -0.05) is 18.2 Å². The Labute approximate surface area is 189 Å². The Balaban J connectivity index is 1.36. The number of nitrogens with one attached hydrogen (secondary N) is 1. The average Bonchev–Trinajstić information content (AvgIpc) is 3.28. The van der Waals surface area contributed by atoms with Crippen LogP contribution in [-0.4, -0.2) is 58.3 Å². The van der Waals surface area contributed by atoms with Gasteiger partial charge < -0.3 is 19.7 Å². The van der Waals surface area contributed by atoms with Gasteiger partial charge in [-0.15, -0.1) is 0 Å².